The summed E-state index contributed by atoms with van der Waals surface area (Å²) in [6, 6.07) is 11.8. The van der Waals surface area contributed by atoms with E-state index in [1.54, 1.807) is 43.4 Å². The van der Waals surface area contributed by atoms with Crippen molar-refractivity contribution < 1.29 is 32.6 Å². The number of likely N-dealkylation sites (N-methyl/N-ethyl adjacent to an activating group) is 2. The fourth-order valence-electron chi connectivity index (χ4n) is 3.40. The normalized spacial score (nSPS) is 11.8. The first-order valence-corrected chi connectivity index (χ1v) is 11.3. The van der Waals surface area contributed by atoms with Crippen LogP contribution in [-0.4, -0.2) is 42.7 Å². The number of aliphatic hydroxyl groups excluding tert-OH is 1. The van der Waals surface area contributed by atoms with Gasteiger partial charge < -0.3 is 30.7 Å². The van der Waals surface area contributed by atoms with E-state index in [4.69, 9.17) is 4.74 Å². The molecule has 3 amide bonds. The van der Waals surface area contributed by atoms with Crippen LogP contribution >= 0.6 is 0 Å². The lowest BCUT2D eigenvalue weighted by Gasteiger charge is -2.21. The molecule has 38 heavy (non-hydrogen) atoms. The lowest BCUT2D eigenvalue weighted by molar-refractivity contribution is -0.137. The second kappa shape index (κ2) is 12.2. The predicted molar refractivity (Wildman–Crippen MR) is 137 cm³/mol. The topological polar surface area (TPSA) is 116 Å². The maximum atomic E-state index is 13.6. The summed E-state index contributed by atoms with van der Waals surface area (Å²) in [7, 11) is 2.91. The molecule has 3 rings (SSSR count). The van der Waals surface area contributed by atoms with E-state index in [1.807, 2.05) is 0 Å². The number of nitrogens with zero attached hydrogens (tertiary/aromatic N) is 2. The number of benzene rings is 2. The maximum absolute atomic E-state index is 13.6. The zero-order valence-corrected chi connectivity index (χ0v) is 20.5. The van der Waals surface area contributed by atoms with E-state index >= 15 is 0 Å². The third kappa shape index (κ3) is 7.31. The monoisotopic (exact) mass is 529 g/mol. The number of anilines is 3. The molecule has 0 fully saturated rings. The van der Waals surface area contributed by atoms with Gasteiger partial charge in [0.2, 0.25) is 5.91 Å². The minimum atomic E-state index is -4.77. The molecule has 4 N–H and O–H groups in total. The van der Waals surface area contributed by atoms with Crippen molar-refractivity contribution in [1.29, 1.82) is 0 Å². The van der Waals surface area contributed by atoms with Crippen LogP contribution in [0.15, 0.2) is 73.4 Å². The van der Waals surface area contributed by atoms with E-state index in [0.717, 1.165) is 23.1 Å². The van der Waals surface area contributed by atoms with Crippen LogP contribution in [0.5, 0.6) is 11.5 Å². The Balaban J connectivity index is 1.66. The molecule has 0 radical (unpaired) electrons. The van der Waals surface area contributed by atoms with Crippen LogP contribution < -0.4 is 25.6 Å². The van der Waals surface area contributed by atoms with Crippen LogP contribution in [0.1, 0.15) is 17.4 Å². The summed E-state index contributed by atoms with van der Waals surface area (Å²) in [6.07, 6.45) is -3.15. The van der Waals surface area contributed by atoms with Crippen LogP contribution in [0.3, 0.4) is 0 Å². The lowest BCUT2D eigenvalue weighted by Crippen LogP contribution is -2.27. The molecule has 0 saturated carbocycles. The van der Waals surface area contributed by atoms with Crippen molar-refractivity contribution in [3.63, 3.8) is 0 Å². The number of urea groups is 1. The van der Waals surface area contributed by atoms with Crippen LogP contribution in [-0.2, 0) is 11.0 Å². The van der Waals surface area contributed by atoms with E-state index in [9.17, 15) is 27.9 Å². The number of alkyl halides is 3. The molecule has 2 aromatic carbocycles. The summed E-state index contributed by atoms with van der Waals surface area (Å²) in [5.41, 5.74) is -0.785. The van der Waals surface area contributed by atoms with Gasteiger partial charge in [0, 0.05) is 37.2 Å². The van der Waals surface area contributed by atoms with E-state index in [2.05, 4.69) is 27.5 Å². The Morgan fingerprint density at radius 2 is 1.74 bits per heavy atom. The van der Waals surface area contributed by atoms with E-state index in [0.29, 0.717) is 29.4 Å². The smallest absolute Gasteiger partial charge is 0.418 e. The zero-order chi connectivity index (χ0) is 27.9. The van der Waals surface area contributed by atoms with Crippen LogP contribution in [0, 0.1) is 0 Å². The molecule has 1 unspecified atom stereocenters. The van der Waals surface area contributed by atoms with E-state index < -0.39 is 29.8 Å². The van der Waals surface area contributed by atoms with Gasteiger partial charge in [-0.2, -0.15) is 13.2 Å². The number of pyridine rings is 1. The van der Waals surface area contributed by atoms with Gasteiger partial charge in [0.05, 0.1) is 16.9 Å². The summed E-state index contributed by atoms with van der Waals surface area (Å²) in [4.78, 5) is 29.1. The molecule has 0 spiro atoms. The number of ether oxygens (including phenoxy) is 1. The molecular weight excluding hydrogens is 503 g/mol. The van der Waals surface area contributed by atoms with Crippen molar-refractivity contribution in [2.24, 2.45) is 0 Å². The van der Waals surface area contributed by atoms with E-state index in [-0.39, 0.29) is 11.4 Å². The van der Waals surface area contributed by atoms with Crippen LogP contribution in [0.2, 0.25) is 0 Å². The van der Waals surface area contributed by atoms with Crippen LogP contribution in [0.4, 0.5) is 35.0 Å². The number of hydrogen-bond acceptors (Lipinski definition) is 6. The van der Waals surface area contributed by atoms with Gasteiger partial charge in [-0.05, 0) is 61.7 Å². The van der Waals surface area contributed by atoms with E-state index in [1.165, 1.54) is 19.3 Å². The molecule has 3 aromatic rings. The molecule has 0 aliphatic heterocycles. The number of rotatable bonds is 9. The molecule has 0 aliphatic rings. The third-order valence-electron chi connectivity index (χ3n) is 5.27. The zero-order valence-electron chi connectivity index (χ0n) is 20.5. The molecule has 0 saturated heterocycles. The first-order valence-electron chi connectivity index (χ1n) is 11.3. The molecule has 1 heterocycles. The van der Waals surface area contributed by atoms with Crippen molar-refractivity contribution in [2.75, 3.05) is 36.2 Å². The molecule has 0 aliphatic carbocycles. The standard InChI is InChI=1S/C26H26F3N5O4/c1-4-24(36)34(3)22-10-7-17(13-20(22)26(27,28)29)33-25(37)32-16-5-8-18(9-6-16)38-19-11-12-31-21(14-19)23(35)15-30-2/h4-14,23,30,35H,1,15H2,2-3H3,(H2,32,33,37). The first kappa shape index (κ1) is 28.2. The number of carbonyl (C=O) groups excluding carboxylic acids is 2. The van der Waals surface area contributed by atoms with Gasteiger partial charge in [-0.1, -0.05) is 6.58 Å². The molecule has 12 heteroatoms. The SMILES string of the molecule is C=CC(=O)N(C)c1ccc(NC(=O)Nc2ccc(Oc3ccnc(C(O)CNC)c3)cc2)cc1C(F)(F)F. The number of hydrogen-bond donors (Lipinski definition) is 4. The average Bonchev–Trinajstić information content (AvgIpc) is 2.88. The minimum absolute atomic E-state index is 0.119. The largest absolute Gasteiger partial charge is 0.457 e. The Hall–Kier alpha value is -4.42. The van der Waals surface area contributed by atoms with Gasteiger partial charge in [-0.25, -0.2) is 4.79 Å². The Morgan fingerprint density at radius 1 is 1.08 bits per heavy atom. The second-order valence-electron chi connectivity index (χ2n) is 8.03. The Kier molecular flexibility index (Phi) is 9.05. The van der Waals surface area contributed by atoms with Gasteiger partial charge in [-0.15, -0.1) is 0 Å². The van der Waals surface area contributed by atoms with Crippen molar-refractivity contribution in [3.8, 4) is 11.5 Å². The number of amides is 3. The molecule has 9 nitrogen and oxygen atoms in total. The summed E-state index contributed by atoms with van der Waals surface area (Å²) in [5.74, 6) is 0.185. The number of halogens is 3. The van der Waals surface area contributed by atoms with Crippen molar-refractivity contribution >= 4 is 29.0 Å². The highest BCUT2D eigenvalue weighted by Crippen LogP contribution is 2.38. The molecule has 1 atom stereocenters. The first-order chi connectivity index (χ1) is 18.0. The average molecular weight is 530 g/mol. The van der Waals surface area contributed by atoms with Crippen LogP contribution in [0.25, 0.3) is 0 Å². The predicted octanol–water partition coefficient (Wildman–Crippen LogP) is 4.94. The van der Waals surface area contributed by atoms with Gasteiger partial charge in [0.15, 0.2) is 0 Å². The number of carbonyl (C=O) groups is 2. The van der Waals surface area contributed by atoms with Crippen molar-refractivity contribution in [2.45, 2.75) is 12.3 Å². The summed E-state index contributed by atoms with van der Waals surface area (Å²) in [6.45, 7) is 3.60. The maximum Gasteiger partial charge on any atom is 0.418 e. The Morgan fingerprint density at radius 3 is 2.37 bits per heavy atom. The Bertz CT molecular complexity index is 1300. The van der Waals surface area contributed by atoms with Gasteiger partial charge in [-0.3, -0.25) is 9.78 Å². The molecule has 1 aromatic heterocycles. The number of nitrogens with one attached hydrogen (secondary N) is 3. The summed E-state index contributed by atoms with van der Waals surface area (Å²) >= 11 is 0. The van der Waals surface area contributed by atoms with Crippen molar-refractivity contribution in [1.82, 2.24) is 10.3 Å². The van der Waals surface area contributed by atoms with Gasteiger partial charge >= 0.3 is 12.2 Å². The highest BCUT2D eigenvalue weighted by molar-refractivity contribution is 6.02. The van der Waals surface area contributed by atoms with Gasteiger partial charge in [0.1, 0.15) is 17.6 Å². The fraction of sp³-hybridized carbons (Fsp3) is 0.192. The quantitative estimate of drug-likeness (QED) is 0.292. The molecule has 0 bridgehead atoms. The summed E-state index contributed by atoms with van der Waals surface area (Å²) in [5, 5.41) is 17.8. The molecule has 200 valence electrons. The molecular formula is C26H26F3N5O4. The third-order valence-corrected chi connectivity index (χ3v) is 5.27. The summed E-state index contributed by atoms with van der Waals surface area (Å²) < 4.78 is 46.6. The number of aliphatic hydroxyl groups is 1. The lowest BCUT2D eigenvalue weighted by atomic mass is 10.1. The minimum Gasteiger partial charge on any atom is -0.457 e. The highest BCUT2D eigenvalue weighted by atomic mass is 19.4. The fourth-order valence-corrected chi connectivity index (χ4v) is 3.40. The van der Waals surface area contributed by atoms with Gasteiger partial charge in [0.25, 0.3) is 0 Å². The number of aromatic nitrogens is 1. The Labute approximate surface area is 216 Å². The van der Waals surface area contributed by atoms with Crippen molar-refractivity contribution in [3.05, 3.63) is 84.7 Å². The second-order valence-corrected chi connectivity index (χ2v) is 8.03. The highest BCUT2D eigenvalue weighted by Gasteiger charge is 2.35.